The molecule has 0 fully saturated rings. The lowest BCUT2D eigenvalue weighted by molar-refractivity contribution is -0.683. The average molecular weight is 417 g/mol. The van der Waals surface area contributed by atoms with Crippen molar-refractivity contribution in [2.24, 2.45) is 5.73 Å². The van der Waals surface area contributed by atoms with Gasteiger partial charge in [0.15, 0.2) is 12.7 Å². The molecule has 0 saturated carbocycles. The molecule has 0 radical (unpaired) electrons. The molecular formula is C29H26N3+. The molecule has 3 heteroatoms. The zero-order valence-corrected chi connectivity index (χ0v) is 18.2. The predicted molar refractivity (Wildman–Crippen MR) is 134 cm³/mol. The van der Waals surface area contributed by atoms with Crippen LogP contribution in [0, 0.1) is 6.92 Å². The molecule has 0 spiro atoms. The predicted octanol–water partition coefficient (Wildman–Crippen LogP) is 5.78. The minimum Gasteiger partial charge on any atom is -0.325 e. The molecule has 0 saturated heterocycles. The third-order valence-corrected chi connectivity index (χ3v) is 5.86. The van der Waals surface area contributed by atoms with Crippen molar-refractivity contribution in [2.45, 2.75) is 13.5 Å². The summed E-state index contributed by atoms with van der Waals surface area (Å²) in [7, 11) is 0. The van der Waals surface area contributed by atoms with Crippen LogP contribution in [-0.4, -0.2) is 11.5 Å². The van der Waals surface area contributed by atoms with E-state index in [4.69, 9.17) is 5.73 Å². The zero-order valence-electron chi connectivity index (χ0n) is 18.2. The number of hydrogen-bond acceptors (Lipinski definition) is 2. The topological polar surface area (TPSA) is 42.8 Å². The molecule has 0 aliphatic rings. The van der Waals surface area contributed by atoms with Gasteiger partial charge in [-0.15, -0.1) is 0 Å². The first-order chi connectivity index (χ1) is 15.7. The standard InChI is InChI=1S/C29H26N3/c1-21-12-15-31-28(18-21)29-19-22(13-16-32(29)17-14-30)10-11-27-25-8-4-2-6-23(25)20-24-7-3-5-9-26(24)27/h2-13,15-16,18-20H,14,17,30H2,1H3/q+1/b11-10+. The van der Waals surface area contributed by atoms with Crippen molar-refractivity contribution < 1.29 is 4.57 Å². The van der Waals surface area contributed by atoms with Gasteiger partial charge in [0.2, 0.25) is 5.69 Å². The summed E-state index contributed by atoms with van der Waals surface area (Å²) in [6, 6.07) is 27.9. The Kier molecular flexibility index (Phi) is 5.49. The van der Waals surface area contributed by atoms with E-state index in [-0.39, 0.29) is 0 Å². The molecule has 3 nitrogen and oxygen atoms in total. The molecule has 156 valence electrons. The molecule has 0 aliphatic heterocycles. The number of nitrogens with zero attached hydrogens (tertiary/aromatic N) is 2. The SMILES string of the molecule is Cc1ccnc(-c2cc(/C=C/c3c4ccccc4cc4ccccc34)cc[n+]2CCN)c1. The van der Waals surface area contributed by atoms with Crippen LogP contribution in [0.5, 0.6) is 0 Å². The number of nitrogens with two attached hydrogens (primary N) is 1. The van der Waals surface area contributed by atoms with Crippen LogP contribution in [0.3, 0.4) is 0 Å². The summed E-state index contributed by atoms with van der Waals surface area (Å²) in [5, 5.41) is 5.03. The second-order valence-electron chi connectivity index (χ2n) is 8.11. The van der Waals surface area contributed by atoms with Gasteiger partial charge in [-0.1, -0.05) is 60.7 Å². The summed E-state index contributed by atoms with van der Waals surface area (Å²) in [4.78, 5) is 4.61. The second kappa shape index (κ2) is 8.74. The highest BCUT2D eigenvalue weighted by atomic mass is 15.0. The zero-order chi connectivity index (χ0) is 21.9. The van der Waals surface area contributed by atoms with Gasteiger partial charge in [0.1, 0.15) is 5.69 Å². The molecule has 32 heavy (non-hydrogen) atoms. The lowest BCUT2D eigenvalue weighted by atomic mass is 9.96. The molecule has 5 aromatic rings. The van der Waals surface area contributed by atoms with Gasteiger partial charge in [0.25, 0.3) is 0 Å². The minimum atomic E-state index is 0.584. The van der Waals surface area contributed by atoms with Gasteiger partial charge in [-0.05, 0) is 63.4 Å². The maximum atomic E-state index is 5.86. The fraction of sp³-hybridized carbons (Fsp3) is 0.103. The maximum absolute atomic E-state index is 5.86. The van der Waals surface area contributed by atoms with Gasteiger partial charge >= 0.3 is 0 Å². The maximum Gasteiger partial charge on any atom is 0.231 e. The number of aryl methyl sites for hydroxylation is 1. The van der Waals surface area contributed by atoms with Crippen molar-refractivity contribution in [1.29, 1.82) is 0 Å². The highest BCUT2D eigenvalue weighted by Crippen LogP contribution is 2.30. The van der Waals surface area contributed by atoms with Crippen molar-refractivity contribution >= 4 is 33.7 Å². The molecule has 0 atom stereocenters. The summed E-state index contributed by atoms with van der Waals surface area (Å²) in [6.07, 6.45) is 8.40. The van der Waals surface area contributed by atoms with Crippen LogP contribution in [0.25, 0.3) is 45.1 Å². The number of rotatable bonds is 5. The van der Waals surface area contributed by atoms with Crippen molar-refractivity contribution in [3.63, 3.8) is 0 Å². The van der Waals surface area contributed by atoms with Gasteiger partial charge in [0.05, 0.1) is 6.54 Å². The molecule has 0 aliphatic carbocycles. The summed E-state index contributed by atoms with van der Waals surface area (Å²) < 4.78 is 2.17. The summed E-state index contributed by atoms with van der Waals surface area (Å²) in [6.45, 7) is 3.43. The molecule has 2 heterocycles. The average Bonchev–Trinajstić information content (AvgIpc) is 2.82. The van der Waals surface area contributed by atoms with Crippen LogP contribution in [-0.2, 0) is 6.54 Å². The van der Waals surface area contributed by atoms with E-state index in [1.807, 2.05) is 12.3 Å². The molecule has 3 aromatic carbocycles. The van der Waals surface area contributed by atoms with E-state index in [9.17, 15) is 0 Å². The van der Waals surface area contributed by atoms with Crippen molar-refractivity contribution in [2.75, 3.05) is 6.54 Å². The quantitative estimate of drug-likeness (QED) is 0.291. The third kappa shape index (κ3) is 3.91. The van der Waals surface area contributed by atoms with E-state index >= 15 is 0 Å². The van der Waals surface area contributed by atoms with E-state index < -0.39 is 0 Å². The van der Waals surface area contributed by atoms with Crippen LogP contribution in [0.2, 0.25) is 0 Å². The first kappa shape index (κ1) is 20.1. The molecule has 2 aromatic heterocycles. The fourth-order valence-corrected chi connectivity index (χ4v) is 4.29. The van der Waals surface area contributed by atoms with Crippen LogP contribution in [0.15, 0.2) is 91.3 Å². The van der Waals surface area contributed by atoms with Crippen LogP contribution in [0.1, 0.15) is 16.7 Å². The molecule has 0 bridgehead atoms. The Morgan fingerprint density at radius 1 is 0.844 bits per heavy atom. The largest absolute Gasteiger partial charge is 0.325 e. The Hall–Kier alpha value is -3.82. The Bertz CT molecular complexity index is 1400. The highest BCUT2D eigenvalue weighted by molar-refractivity contribution is 6.07. The summed E-state index contributed by atoms with van der Waals surface area (Å²) in [5.74, 6) is 0. The Morgan fingerprint density at radius 3 is 2.25 bits per heavy atom. The molecule has 0 amide bonds. The Morgan fingerprint density at radius 2 is 1.56 bits per heavy atom. The molecule has 0 unspecified atom stereocenters. The summed E-state index contributed by atoms with van der Waals surface area (Å²) in [5.41, 5.74) is 11.5. The number of pyridine rings is 2. The number of benzene rings is 3. The van der Waals surface area contributed by atoms with Crippen LogP contribution >= 0.6 is 0 Å². The van der Waals surface area contributed by atoms with E-state index in [0.29, 0.717) is 6.54 Å². The smallest absolute Gasteiger partial charge is 0.231 e. The van der Waals surface area contributed by atoms with Crippen LogP contribution in [0.4, 0.5) is 0 Å². The number of fused-ring (bicyclic) bond motifs is 2. The lowest BCUT2D eigenvalue weighted by Crippen LogP contribution is -2.39. The van der Waals surface area contributed by atoms with Crippen molar-refractivity contribution in [1.82, 2.24) is 4.98 Å². The minimum absolute atomic E-state index is 0.584. The Labute approximate surface area is 188 Å². The monoisotopic (exact) mass is 416 g/mol. The second-order valence-corrected chi connectivity index (χ2v) is 8.11. The van der Waals surface area contributed by atoms with E-state index in [0.717, 1.165) is 23.5 Å². The number of aromatic nitrogens is 2. The van der Waals surface area contributed by atoms with Gasteiger partial charge in [-0.25, -0.2) is 4.98 Å². The van der Waals surface area contributed by atoms with Crippen molar-refractivity contribution in [3.8, 4) is 11.4 Å². The lowest BCUT2D eigenvalue weighted by Gasteiger charge is -2.08. The van der Waals surface area contributed by atoms with Gasteiger partial charge in [-0.3, -0.25) is 0 Å². The van der Waals surface area contributed by atoms with E-state index in [2.05, 4.69) is 108 Å². The van der Waals surface area contributed by atoms with E-state index in [1.165, 1.54) is 32.7 Å². The fourth-order valence-electron chi connectivity index (χ4n) is 4.29. The van der Waals surface area contributed by atoms with E-state index in [1.54, 1.807) is 0 Å². The van der Waals surface area contributed by atoms with Crippen LogP contribution < -0.4 is 10.3 Å². The summed E-state index contributed by atoms with van der Waals surface area (Å²) >= 11 is 0. The molecule has 2 N–H and O–H groups in total. The normalized spacial score (nSPS) is 11.6. The van der Waals surface area contributed by atoms with Gasteiger partial charge in [-0.2, -0.15) is 4.57 Å². The first-order valence-electron chi connectivity index (χ1n) is 11.0. The van der Waals surface area contributed by atoms with Crippen molar-refractivity contribution in [3.05, 3.63) is 108 Å². The molecular weight excluding hydrogens is 390 g/mol. The third-order valence-electron chi connectivity index (χ3n) is 5.86. The highest BCUT2D eigenvalue weighted by Gasteiger charge is 2.14. The first-order valence-corrected chi connectivity index (χ1v) is 11.0. The molecule has 5 rings (SSSR count). The number of hydrogen-bond donors (Lipinski definition) is 1. The van der Waals surface area contributed by atoms with Gasteiger partial charge in [0, 0.05) is 18.3 Å². The van der Waals surface area contributed by atoms with Gasteiger partial charge < -0.3 is 5.73 Å². The Balaban J connectivity index is 1.63.